The smallest absolute Gasteiger partial charge is 0.295 e. The van der Waals surface area contributed by atoms with E-state index >= 15 is 0 Å². The molecule has 0 aromatic heterocycles. The number of ketones is 1. The average molecular weight is 527 g/mol. The second-order valence-corrected chi connectivity index (χ2v) is 9.80. The Balaban J connectivity index is 1.72. The number of benzene rings is 2. The summed E-state index contributed by atoms with van der Waals surface area (Å²) >= 11 is 3.45. The van der Waals surface area contributed by atoms with Crippen LogP contribution in [0.1, 0.15) is 49.9 Å². The zero-order valence-corrected chi connectivity index (χ0v) is 21.5. The number of carbonyl (C=O) groups excluding carboxylic acids is 2. The van der Waals surface area contributed by atoms with Gasteiger partial charge in [-0.25, -0.2) is 0 Å². The number of fused-ring (bicyclic) bond motifs is 1. The number of rotatable bonds is 8. The maximum absolute atomic E-state index is 13.2. The van der Waals surface area contributed by atoms with Gasteiger partial charge >= 0.3 is 0 Å². The highest BCUT2D eigenvalue weighted by molar-refractivity contribution is 9.10. The monoisotopic (exact) mass is 526 g/mol. The molecule has 2 aromatic rings. The predicted octanol–water partition coefficient (Wildman–Crippen LogP) is 4.93. The molecule has 4 rings (SSSR count). The van der Waals surface area contributed by atoms with Crippen molar-refractivity contribution in [2.45, 2.75) is 45.8 Å². The Morgan fingerprint density at radius 1 is 1.15 bits per heavy atom. The Hall–Kier alpha value is -2.64. The maximum Gasteiger partial charge on any atom is 0.295 e. The van der Waals surface area contributed by atoms with Gasteiger partial charge in [0.25, 0.3) is 11.7 Å². The third-order valence-corrected chi connectivity index (χ3v) is 7.19. The van der Waals surface area contributed by atoms with Gasteiger partial charge in [-0.1, -0.05) is 41.9 Å². The van der Waals surface area contributed by atoms with E-state index < -0.39 is 17.7 Å². The predicted molar refractivity (Wildman–Crippen MR) is 136 cm³/mol. The van der Waals surface area contributed by atoms with Gasteiger partial charge in [0.15, 0.2) is 0 Å². The van der Waals surface area contributed by atoms with Crippen LogP contribution in [0.3, 0.4) is 0 Å². The molecule has 7 heteroatoms. The van der Waals surface area contributed by atoms with E-state index in [2.05, 4.69) is 34.7 Å². The Kier molecular flexibility index (Phi) is 7.43. The first-order chi connectivity index (χ1) is 16.3. The van der Waals surface area contributed by atoms with Crippen LogP contribution >= 0.6 is 15.9 Å². The summed E-state index contributed by atoms with van der Waals surface area (Å²) in [6.07, 6.45) is 1.56. The summed E-state index contributed by atoms with van der Waals surface area (Å²) in [4.78, 5) is 30.3. The summed E-state index contributed by atoms with van der Waals surface area (Å²) in [7, 11) is 0. The number of aliphatic hydroxyl groups is 1. The number of hydrogen-bond donors (Lipinski definition) is 1. The van der Waals surface area contributed by atoms with Crippen molar-refractivity contribution in [1.82, 2.24) is 9.80 Å². The van der Waals surface area contributed by atoms with Crippen LogP contribution in [-0.2, 0) is 16.0 Å². The van der Waals surface area contributed by atoms with Crippen molar-refractivity contribution in [3.63, 3.8) is 0 Å². The molecule has 0 aliphatic carbocycles. The number of Topliss-reactive ketones (excluding diaryl/α,β-unsaturated/α-hetero) is 1. The van der Waals surface area contributed by atoms with Gasteiger partial charge in [0.1, 0.15) is 17.6 Å². The third-order valence-electron chi connectivity index (χ3n) is 6.66. The van der Waals surface area contributed by atoms with Gasteiger partial charge in [-0.15, -0.1) is 0 Å². The number of hydrogen-bond acceptors (Lipinski definition) is 5. The minimum atomic E-state index is -0.640. The molecule has 34 heavy (non-hydrogen) atoms. The fourth-order valence-corrected chi connectivity index (χ4v) is 5.10. The highest BCUT2D eigenvalue weighted by atomic mass is 79.9. The summed E-state index contributed by atoms with van der Waals surface area (Å²) < 4.78 is 6.68. The van der Waals surface area contributed by atoms with E-state index in [1.54, 1.807) is 11.0 Å². The van der Waals surface area contributed by atoms with Crippen LogP contribution in [-0.4, -0.2) is 58.9 Å². The van der Waals surface area contributed by atoms with Gasteiger partial charge in [-0.05, 0) is 74.4 Å². The van der Waals surface area contributed by atoms with Gasteiger partial charge in [0, 0.05) is 23.0 Å². The fraction of sp³-hybridized carbons (Fsp3) is 0.407. The first kappa shape index (κ1) is 24.5. The standard InChI is InChI=1S/C27H31BrN2O4/c1-4-29(5-2)13-6-14-30-24(18-7-10-21(28)11-8-18)23(26(32)27(30)33)25(31)19-9-12-22-20(16-19)15-17(3)34-22/h7-12,16-17,24,31H,4-6,13-15H2,1-3H3/b25-23+/t17-,24-/m0/s1. The summed E-state index contributed by atoms with van der Waals surface area (Å²) in [6.45, 7) is 9.37. The number of nitrogens with zero attached hydrogens (tertiary/aromatic N) is 2. The van der Waals surface area contributed by atoms with Crippen molar-refractivity contribution in [2.24, 2.45) is 0 Å². The number of ether oxygens (including phenoxy) is 1. The van der Waals surface area contributed by atoms with Crippen molar-refractivity contribution >= 4 is 33.4 Å². The van der Waals surface area contributed by atoms with Crippen LogP contribution in [0.15, 0.2) is 52.5 Å². The second-order valence-electron chi connectivity index (χ2n) is 8.88. The molecule has 2 aromatic carbocycles. The molecule has 0 bridgehead atoms. The summed E-state index contributed by atoms with van der Waals surface area (Å²) in [6, 6.07) is 12.4. The SMILES string of the molecule is CCN(CC)CCCN1C(=O)C(=O)/C(=C(/O)c2ccc3c(c2)C[C@H](C)O3)[C@@H]1c1ccc(Br)cc1. The lowest BCUT2D eigenvalue weighted by Crippen LogP contribution is -2.33. The van der Waals surface area contributed by atoms with Crippen LogP contribution in [0.5, 0.6) is 5.75 Å². The lowest BCUT2D eigenvalue weighted by atomic mass is 9.94. The number of amides is 1. The van der Waals surface area contributed by atoms with Crippen molar-refractivity contribution in [3.05, 3.63) is 69.2 Å². The normalized spacial score (nSPS) is 21.3. The quantitative estimate of drug-likeness (QED) is 0.300. The number of likely N-dealkylation sites (tertiary alicyclic amines) is 1. The molecule has 1 N–H and O–H groups in total. The zero-order chi connectivity index (χ0) is 24.4. The van der Waals surface area contributed by atoms with Gasteiger partial charge in [0.2, 0.25) is 0 Å². The molecule has 2 aliphatic rings. The average Bonchev–Trinajstić information content (AvgIpc) is 3.32. The van der Waals surface area contributed by atoms with Crippen molar-refractivity contribution < 1.29 is 19.4 Å². The second kappa shape index (κ2) is 10.3. The van der Waals surface area contributed by atoms with Crippen molar-refractivity contribution in [3.8, 4) is 5.75 Å². The lowest BCUT2D eigenvalue weighted by molar-refractivity contribution is -0.140. The lowest BCUT2D eigenvalue weighted by Gasteiger charge is -2.27. The molecule has 1 amide bonds. The van der Waals surface area contributed by atoms with Crippen molar-refractivity contribution in [2.75, 3.05) is 26.2 Å². The van der Waals surface area contributed by atoms with Crippen LogP contribution in [0.25, 0.3) is 5.76 Å². The largest absolute Gasteiger partial charge is 0.507 e. The molecule has 0 unspecified atom stereocenters. The van der Waals surface area contributed by atoms with E-state index in [0.29, 0.717) is 12.1 Å². The highest BCUT2D eigenvalue weighted by Gasteiger charge is 2.45. The van der Waals surface area contributed by atoms with E-state index in [9.17, 15) is 14.7 Å². The maximum atomic E-state index is 13.2. The van der Waals surface area contributed by atoms with Crippen LogP contribution in [0.2, 0.25) is 0 Å². The van der Waals surface area contributed by atoms with Crippen molar-refractivity contribution in [1.29, 1.82) is 0 Å². The molecule has 6 nitrogen and oxygen atoms in total. The van der Waals surface area contributed by atoms with E-state index in [1.807, 2.05) is 43.3 Å². The Bertz CT molecular complexity index is 1110. The molecule has 2 aliphatic heterocycles. The first-order valence-electron chi connectivity index (χ1n) is 11.9. The van der Waals surface area contributed by atoms with Gasteiger partial charge < -0.3 is 19.6 Å². The van der Waals surface area contributed by atoms with Gasteiger partial charge in [-0.3, -0.25) is 9.59 Å². The van der Waals surface area contributed by atoms with Crippen LogP contribution in [0, 0.1) is 0 Å². The number of aliphatic hydroxyl groups excluding tert-OH is 1. The van der Waals surface area contributed by atoms with Crippen LogP contribution in [0.4, 0.5) is 0 Å². The minimum Gasteiger partial charge on any atom is -0.507 e. The molecule has 0 radical (unpaired) electrons. The first-order valence-corrected chi connectivity index (χ1v) is 12.7. The van der Waals surface area contributed by atoms with Gasteiger partial charge in [0.05, 0.1) is 11.6 Å². The highest BCUT2D eigenvalue weighted by Crippen LogP contribution is 2.41. The molecule has 0 spiro atoms. The third kappa shape index (κ3) is 4.77. The minimum absolute atomic E-state index is 0.0755. The van der Waals surface area contributed by atoms with E-state index in [0.717, 1.165) is 53.8 Å². The fourth-order valence-electron chi connectivity index (χ4n) is 4.83. The van der Waals surface area contributed by atoms with E-state index in [-0.39, 0.29) is 17.4 Å². The summed E-state index contributed by atoms with van der Waals surface area (Å²) in [5, 5.41) is 11.3. The Morgan fingerprint density at radius 3 is 2.53 bits per heavy atom. The number of carbonyl (C=O) groups is 2. The van der Waals surface area contributed by atoms with Gasteiger partial charge in [-0.2, -0.15) is 0 Å². The molecule has 2 heterocycles. The molecular weight excluding hydrogens is 496 g/mol. The molecule has 180 valence electrons. The molecular formula is C27H31BrN2O4. The van der Waals surface area contributed by atoms with Crippen LogP contribution < -0.4 is 4.74 Å². The number of halogens is 1. The zero-order valence-electron chi connectivity index (χ0n) is 19.9. The Labute approximate surface area is 209 Å². The topological polar surface area (TPSA) is 70.1 Å². The summed E-state index contributed by atoms with van der Waals surface area (Å²) in [5.74, 6) is -0.546. The summed E-state index contributed by atoms with van der Waals surface area (Å²) in [5.41, 5.74) is 2.46. The van der Waals surface area contributed by atoms with E-state index in [4.69, 9.17) is 4.74 Å². The van der Waals surface area contributed by atoms with E-state index in [1.165, 1.54) is 0 Å². The molecule has 2 atom stereocenters. The molecule has 0 saturated carbocycles. The molecule has 1 saturated heterocycles. The molecule has 1 fully saturated rings. The Morgan fingerprint density at radius 2 is 1.85 bits per heavy atom.